The molecule has 7 nitrogen and oxygen atoms in total. The fourth-order valence-electron chi connectivity index (χ4n) is 3.98. The van der Waals surface area contributed by atoms with Crippen molar-refractivity contribution in [3.8, 4) is 0 Å². The Hall–Kier alpha value is -2.93. The molecule has 1 aliphatic carbocycles. The number of rotatable bonds is 6. The van der Waals surface area contributed by atoms with E-state index >= 15 is 0 Å². The summed E-state index contributed by atoms with van der Waals surface area (Å²) in [5.74, 6) is -0.153. The molecule has 0 bridgehead atoms. The SMILES string of the molecule is CCn1ncc2c(N[C@H]3CCCC[C@H]3N)c(C(=O)NCc3ccccc3)cnc21. The third kappa shape index (κ3) is 4.10. The van der Waals surface area contributed by atoms with Crippen LogP contribution in [0.2, 0.25) is 0 Å². The summed E-state index contributed by atoms with van der Waals surface area (Å²) in [6, 6.07) is 10.1. The number of anilines is 1. The summed E-state index contributed by atoms with van der Waals surface area (Å²) in [5.41, 5.74) is 9.50. The van der Waals surface area contributed by atoms with Crippen LogP contribution in [0.1, 0.15) is 48.5 Å². The van der Waals surface area contributed by atoms with Crippen molar-refractivity contribution in [3.63, 3.8) is 0 Å². The zero-order chi connectivity index (χ0) is 20.2. The first-order valence-electron chi connectivity index (χ1n) is 10.4. The number of aromatic nitrogens is 3. The lowest BCUT2D eigenvalue weighted by Gasteiger charge is -2.31. The normalized spacial score (nSPS) is 19.2. The van der Waals surface area contributed by atoms with Gasteiger partial charge in [0.25, 0.3) is 5.91 Å². The van der Waals surface area contributed by atoms with E-state index in [1.165, 1.54) is 0 Å². The molecule has 4 N–H and O–H groups in total. The zero-order valence-corrected chi connectivity index (χ0v) is 16.8. The van der Waals surface area contributed by atoms with Gasteiger partial charge in [0, 0.05) is 31.4 Å². The number of benzene rings is 1. The Labute approximate surface area is 170 Å². The second-order valence-electron chi connectivity index (χ2n) is 7.61. The average molecular weight is 393 g/mol. The van der Waals surface area contributed by atoms with E-state index in [2.05, 4.69) is 20.7 Å². The van der Waals surface area contributed by atoms with E-state index in [0.717, 1.165) is 54.5 Å². The van der Waals surface area contributed by atoms with Gasteiger partial charge in [0.15, 0.2) is 5.65 Å². The zero-order valence-electron chi connectivity index (χ0n) is 16.8. The van der Waals surface area contributed by atoms with Crippen LogP contribution in [-0.4, -0.2) is 32.8 Å². The molecule has 29 heavy (non-hydrogen) atoms. The van der Waals surface area contributed by atoms with E-state index in [9.17, 15) is 4.79 Å². The second kappa shape index (κ2) is 8.61. The van der Waals surface area contributed by atoms with E-state index in [0.29, 0.717) is 12.1 Å². The van der Waals surface area contributed by atoms with Gasteiger partial charge in [-0.05, 0) is 25.3 Å². The lowest BCUT2D eigenvalue weighted by Crippen LogP contribution is -2.43. The van der Waals surface area contributed by atoms with Crippen molar-refractivity contribution >= 4 is 22.6 Å². The van der Waals surface area contributed by atoms with Crippen LogP contribution >= 0.6 is 0 Å². The Morgan fingerprint density at radius 2 is 2.00 bits per heavy atom. The van der Waals surface area contributed by atoms with Gasteiger partial charge in [-0.3, -0.25) is 4.79 Å². The molecule has 3 aromatic rings. The molecule has 7 heteroatoms. The van der Waals surface area contributed by atoms with Gasteiger partial charge in [0.05, 0.1) is 22.8 Å². The summed E-state index contributed by atoms with van der Waals surface area (Å²) in [4.78, 5) is 17.6. The fourth-order valence-corrected chi connectivity index (χ4v) is 3.98. The van der Waals surface area contributed by atoms with Crippen molar-refractivity contribution < 1.29 is 4.79 Å². The number of hydrogen-bond acceptors (Lipinski definition) is 5. The monoisotopic (exact) mass is 392 g/mol. The van der Waals surface area contributed by atoms with E-state index < -0.39 is 0 Å². The molecule has 1 amide bonds. The van der Waals surface area contributed by atoms with Gasteiger partial charge in [-0.25, -0.2) is 9.67 Å². The van der Waals surface area contributed by atoms with E-state index in [1.807, 2.05) is 41.9 Å². The van der Waals surface area contributed by atoms with Crippen LogP contribution in [-0.2, 0) is 13.1 Å². The smallest absolute Gasteiger partial charge is 0.255 e. The highest BCUT2D eigenvalue weighted by molar-refractivity contribution is 6.06. The van der Waals surface area contributed by atoms with Gasteiger partial charge in [0.2, 0.25) is 0 Å². The highest BCUT2D eigenvalue weighted by Crippen LogP contribution is 2.29. The molecule has 0 spiro atoms. The fraction of sp³-hybridized carbons (Fsp3) is 0.409. The maximum atomic E-state index is 13.0. The summed E-state index contributed by atoms with van der Waals surface area (Å²) < 4.78 is 1.84. The number of pyridine rings is 1. The molecular formula is C22H28N6O. The third-order valence-corrected chi connectivity index (χ3v) is 5.66. The van der Waals surface area contributed by atoms with Gasteiger partial charge in [-0.15, -0.1) is 0 Å². The maximum absolute atomic E-state index is 13.0. The van der Waals surface area contributed by atoms with E-state index in [4.69, 9.17) is 5.73 Å². The molecule has 1 saturated carbocycles. The van der Waals surface area contributed by atoms with Crippen molar-refractivity contribution in [1.29, 1.82) is 0 Å². The predicted molar refractivity (Wildman–Crippen MR) is 115 cm³/mol. The van der Waals surface area contributed by atoms with Crippen molar-refractivity contribution in [2.24, 2.45) is 5.73 Å². The van der Waals surface area contributed by atoms with Crippen LogP contribution in [0.15, 0.2) is 42.7 Å². The average Bonchev–Trinajstić information content (AvgIpc) is 3.18. The Morgan fingerprint density at radius 1 is 1.21 bits per heavy atom. The van der Waals surface area contributed by atoms with Crippen molar-refractivity contribution in [2.75, 3.05) is 5.32 Å². The number of hydrogen-bond donors (Lipinski definition) is 3. The van der Waals surface area contributed by atoms with Crippen molar-refractivity contribution in [1.82, 2.24) is 20.1 Å². The molecule has 0 saturated heterocycles. The number of nitrogens with two attached hydrogens (primary N) is 1. The first-order valence-corrected chi connectivity index (χ1v) is 10.4. The topological polar surface area (TPSA) is 97.9 Å². The molecule has 2 heterocycles. The third-order valence-electron chi connectivity index (χ3n) is 5.66. The highest BCUT2D eigenvalue weighted by Gasteiger charge is 2.25. The van der Waals surface area contributed by atoms with Crippen molar-refractivity contribution in [3.05, 3.63) is 53.9 Å². The molecule has 1 aliphatic rings. The van der Waals surface area contributed by atoms with Gasteiger partial charge in [0.1, 0.15) is 0 Å². The van der Waals surface area contributed by atoms with Crippen LogP contribution in [0, 0.1) is 0 Å². The Bertz CT molecular complexity index is 984. The summed E-state index contributed by atoms with van der Waals surface area (Å²) in [5, 5.41) is 11.9. The molecule has 0 aliphatic heterocycles. The van der Waals surface area contributed by atoms with Crippen LogP contribution < -0.4 is 16.4 Å². The standard InChI is InChI=1S/C22H28N6O/c1-2-28-21-16(14-26-28)20(27-19-11-7-6-10-18(19)23)17(13-24-21)22(29)25-12-15-8-4-3-5-9-15/h3-5,8-9,13-14,18-19H,2,6-7,10-12,23H2,1H3,(H,24,27)(H,25,29)/t18-,19+/m1/s1. The molecule has 2 aromatic heterocycles. The van der Waals surface area contributed by atoms with E-state index in [-0.39, 0.29) is 18.0 Å². The Balaban J connectivity index is 1.65. The lowest BCUT2D eigenvalue weighted by atomic mass is 9.90. The molecule has 1 aromatic carbocycles. The number of nitrogens with one attached hydrogen (secondary N) is 2. The maximum Gasteiger partial charge on any atom is 0.255 e. The summed E-state index contributed by atoms with van der Waals surface area (Å²) in [6.45, 7) is 3.21. The predicted octanol–water partition coefficient (Wildman–Crippen LogP) is 3.06. The van der Waals surface area contributed by atoms with Crippen LogP contribution in [0.3, 0.4) is 0 Å². The highest BCUT2D eigenvalue weighted by atomic mass is 16.1. The van der Waals surface area contributed by atoms with E-state index in [1.54, 1.807) is 12.4 Å². The molecule has 0 radical (unpaired) electrons. The number of carbonyl (C=O) groups excluding carboxylic acids is 1. The first kappa shape index (κ1) is 19.4. The quantitative estimate of drug-likeness (QED) is 0.599. The molecule has 152 valence electrons. The summed E-state index contributed by atoms with van der Waals surface area (Å²) in [7, 11) is 0. The van der Waals surface area contributed by atoms with Crippen LogP contribution in [0.25, 0.3) is 11.0 Å². The van der Waals surface area contributed by atoms with Crippen LogP contribution in [0.4, 0.5) is 5.69 Å². The van der Waals surface area contributed by atoms with Gasteiger partial charge in [-0.2, -0.15) is 5.10 Å². The largest absolute Gasteiger partial charge is 0.379 e. The Kier molecular flexibility index (Phi) is 5.76. The Morgan fingerprint density at radius 3 is 2.76 bits per heavy atom. The minimum Gasteiger partial charge on any atom is -0.379 e. The minimum atomic E-state index is -0.153. The number of nitrogens with zero attached hydrogens (tertiary/aromatic N) is 3. The molecule has 4 rings (SSSR count). The summed E-state index contributed by atoms with van der Waals surface area (Å²) in [6.07, 6.45) is 7.73. The van der Waals surface area contributed by atoms with Gasteiger partial charge < -0.3 is 16.4 Å². The van der Waals surface area contributed by atoms with Crippen molar-refractivity contribution in [2.45, 2.75) is 57.8 Å². The molecule has 1 fully saturated rings. The van der Waals surface area contributed by atoms with Crippen LogP contribution in [0.5, 0.6) is 0 Å². The number of amides is 1. The molecule has 2 atom stereocenters. The summed E-state index contributed by atoms with van der Waals surface area (Å²) >= 11 is 0. The lowest BCUT2D eigenvalue weighted by molar-refractivity contribution is 0.0951. The minimum absolute atomic E-state index is 0.0772. The molecule has 0 unspecified atom stereocenters. The van der Waals surface area contributed by atoms with Gasteiger partial charge in [-0.1, -0.05) is 43.2 Å². The second-order valence-corrected chi connectivity index (χ2v) is 7.61. The number of carbonyl (C=O) groups is 1. The first-order chi connectivity index (χ1) is 14.2. The number of aryl methyl sites for hydroxylation is 1. The van der Waals surface area contributed by atoms with Gasteiger partial charge >= 0.3 is 0 Å². The number of fused-ring (bicyclic) bond motifs is 1. The molecular weight excluding hydrogens is 364 g/mol.